The quantitative estimate of drug-likeness (QED) is 0.428. The van der Waals surface area contributed by atoms with Crippen molar-refractivity contribution in [3.8, 4) is 0 Å². The Bertz CT molecular complexity index is 415. The molecule has 0 bridgehead atoms. The summed E-state index contributed by atoms with van der Waals surface area (Å²) in [5, 5.41) is 11.5. The van der Waals surface area contributed by atoms with E-state index in [1.54, 1.807) is 20.8 Å². The van der Waals surface area contributed by atoms with E-state index in [-0.39, 0.29) is 12.5 Å². The summed E-state index contributed by atoms with van der Waals surface area (Å²) in [7, 11) is 0. The number of amides is 1. The van der Waals surface area contributed by atoms with E-state index in [9.17, 15) is 14.7 Å². The molecule has 1 atom stereocenters. The number of carbonyl (C=O) groups is 2. The largest absolute Gasteiger partial charge is 0.595 e. The average Bonchev–Trinajstić information content (AvgIpc) is 2.59. The maximum atomic E-state index is 12.2. The van der Waals surface area contributed by atoms with Crippen molar-refractivity contribution in [3.63, 3.8) is 0 Å². The van der Waals surface area contributed by atoms with Crippen molar-refractivity contribution in [1.82, 2.24) is 4.90 Å². The molecule has 6 nitrogen and oxygen atoms in total. The third-order valence-corrected chi connectivity index (χ3v) is 4.09. The number of thioether (sulfide) groups is 1. The first-order valence-electron chi connectivity index (χ1n) is 6.39. The number of rotatable bonds is 3. The molecule has 1 amide bonds. The Morgan fingerprint density at radius 1 is 1.55 bits per heavy atom. The Balaban J connectivity index is 2.70. The predicted octanol–water partition coefficient (Wildman–Crippen LogP) is 0.397. The third-order valence-electron chi connectivity index (χ3n) is 2.68. The Kier molecular flexibility index (Phi) is 5.07. The second-order valence-electron chi connectivity index (χ2n) is 6.02. The van der Waals surface area contributed by atoms with Gasteiger partial charge in [0, 0.05) is 11.4 Å². The Morgan fingerprint density at radius 3 is 2.65 bits per heavy atom. The van der Waals surface area contributed by atoms with Crippen LogP contribution in [-0.2, 0) is 14.3 Å². The normalized spacial score (nSPS) is 22.8. The highest BCUT2D eigenvalue weighted by atomic mass is 32.2. The second-order valence-corrected chi connectivity index (χ2v) is 7.64. The van der Waals surface area contributed by atoms with Gasteiger partial charge in [-0.05, 0) is 13.8 Å². The van der Waals surface area contributed by atoms with Gasteiger partial charge in [0.2, 0.25) is 5.91 Å². The predicted molar refractivity (Wildman–Crippen MR) is 76.4 cm³/mol. The minimum absolute atomic E-state index is 0.302. The monoisotopic (exact) mass is 301 g/mol. The lowest BCUT2D eigenvalue weighted by Crippen LogP contribution is -2.48. The molecule has 1 aliphatic heterocycles. The summed E-state index contributed by atoms with van der Waals surface area (Å²) in [4.78, 5) is 27.8. The second kappa shape index (κ2) is 6.03. The molecule has 0 aromatic rings. The van der Waals surface area contributed by atoms with Crippen molar-refractivity contribution in [2.24, 2.45) is 4.99 Å². The molecule has 7 heteroatoms. The first-order chi connectivity index (χ1) is 9.07. The molecule has 1 heterocycles. The lowest BCUT2D eigenvalue weighted by atomic mass is 10.2. The molecule has 20 heavy (non-hydrogen) atoms. The third kappa shape index (κ3) is 4.40. The Morgan fingerprint density at radius 2 is 2.15 bits per heavy atom. The zero-order valence-corrected chi connectivity index (χ0v) is 13.3. The summed E-state index contributed by atoms with van der Waals surface area (Å²) in [6.45, 7) is 8.61. The van der Waals surface area contributed by atoms with E-state index in [0.717, 1.165) is 6.29 Å². The highest BCUT2D eigenvalue weighted by Gasteiger charge is 2.42. The van der Waals surface area contributed by atoms with Crippen LogP contribution in [0.3, 0.4) is 0 Å². The molecule has 1 rings (SSSR count). The average molecular weight is 301 g/mol. The molecule has 0 N–H and O–H groups in total. The number of hydrogen-bond acceptors (Lipinski definition) is 6. The van der Waals surface area contributed by atoms with E-state index < -0.39 is 22.6 Å². The standard InChI is InChI=1S/C13H22N2O4S/c1-12(2,3)19-11(18)14-6-10(17)15-9(7-16)8-20-13(15,4)5/h7,9H,6,8H2,1-5H3,(H,14,18)/p-1/t9-/m0/s1. The maximum absolute atomic E-state index is 12.2. The molecule has 0 aromatic carbocycles. The van der Waals surface area contributed by atoms with Crippen LogP contribution in [-0.4, -0.2) is 52.0 Å². The van der Waals surface area contributed by atoms with Crippen molar-refractivity contribution in [1.29, 1.82) is 0 Å². The fraction of sp³-hybridized carbons (Fsp3) is 0.769. The van der Waals surface area contributed by atoms with Gasteiger partial charge in [-0.25, -0.2) is 0 Å². The molecule has 0 aliphatic carbocycles. The zero-order valence-electron chi connectivity index (χ0n) is 12.5. The molecule has 114 valence electrons. The first-order valence-corrected chi connectivity index (χ1v) is 7.37. The number of aldehydes is 1. The van der Waals surface area contributed by atoms with Gasteiger partial charge in [-0.3, -0.25) is 9.79 Å². The van der Waals surface area contributed by atoms with E-state index in [1.807, 2.05) is 13.8 Å². The van der Waals surface area contributed by atoms with E-state index in [2.05, 4.69) is 4.99 Å². The summed E-state index contributed by atoms with van der Waals surface area (Å²) >= 11 is 1.53. The van der Waals surface area contributed by atoms with Gasteiger partial charge in [-0.2, -0.15) is 0 Å². The SMILES string of the molecule is CC(C)(C)OC([O-])=NCC(=O)N1[C@@H](C=O)CSC1(C)C. The zero-order chi connectivity index (χ0) is 15.6. The minimum Gasteiger partial charge on any atom is -0.595 e. The smallest absolute Gasteiger partial charge is 0.246 e. The van der Waals surface area contributed by atoms with Gasteiger partial charge in [0.25, 0.3) is 0 Å². The van der Waals surface area contributed by atoms with Gasteiger partial charge in [-0.15, -0.1) is 11.8 Å². The topological polar surface area (TPSA) is 82.0 Å². The van der Waals surface area contributed by atoms with Crippen LogP contribution in [0, 0.1) is 0 Å². The van der Waals surface area contributed by atoms with Crippen LogP contribution in [0.25, 0.3) is 0 Å². The number of ether oxygens (including phenoxy) is 1. The van der Waals surface area contributed by atoms with E-state index >= 15 is 0 Å². The van der Waals surface area contributed by atoms with Crippen LogP contribution in [0.2, 0.25) is 0 Å². The van der Waals surface area contributed by atoms with Crippen LogP contribution in [0.5, 0.6) is 0 Å². The van der Waals surface area contributed by atoms with E-state index in [1.165, 1.54) is 16.7 Å². The van der Waals surface area contributed by atoms with Crippen molar-refractivity contribution in [2.45, 2.75) is 51.1 Å². The minimum atomic E-state index is -0.766. The number of nitrogens with zero attached hydrogens (tertiary/aromatic N) is 2. The molecule has 0 radical (unpaired) electrons. The first kappa shape index (κ1) is 16.8. The van der Waals surface area contributed by atoms with Gasteiger partial charge in [0.1, 0.15) is 18.9 Å². The fourth-order valence-electron chi connectivity index (χ4n) is 1.92. The lowest BCUT2D eigenvalue weighted by molar-refractivity contribution is -0.260. The van der Waals surface area contributed by atoms with Crippen LogP contribution in [0.1, 0.15) is 34.6 Å². The fourth-order valence-corrected chi connectivity index (χ4v) is 3.10. The molecule has 0 saturated carbocycles. The molecular formula is C13H21N2O4S-. The summed E-state index contributed by atoms with van der Waals surface area (Å²) in [6, 6.07) is -0.462. The molecule has 0 spiro atoms. The van der Waals surface area contributed by atoms with Gasteiger partial charge < -0.3 is 19.5 Å². The van der Waals surface area contributed by atoms with Crippen molar-refractivity contribution in [2.75, 3.05) is 12.3 Å². The van der Waals surface area contributed by atoms with Gasteiger partial charge in [0.15, 0.2) is 0 Å². The van der Waals surface area contributed by atoms with Gasteiger partial charge in [-0.1, -0.05) is 20.8 Å². The molecule has 1 fully saturated rings. The molecule has 0 unspecified atom stereocenters. The highest BCUT2D eigenvalue weighted by molar-refractivity contribution is 8.00. The Labute approximate surface area is 123 Å². The van der Waals surface area contributed by atoms with Crippen LogP contribution in [0.4, 0.5) is 0 Å². The number of carbonyl (C=O) groups excluding carboxylic acids is 2. The van der Waals surface area contributed by atoms with Crippen LogP contribution in [0.15, 0.2) is 4.99 Å². The van der Waals surface area contributed by atoms with Crippen molar-refractivity contribution in [3.05, 3.63) is 0 Å². The Hall–Kier alpha value is -1.24. The molecule has 0 aromatic heterocycles. The van der Waals surface area contributed by atoms with Gasteiger partial charge in [0.05, 0.1) is 10.9 Å². The summed E-state index contributed by atoms with van der Waals surface area (Å²) in [6.07, 6.45) is -0.00852. The number of hydrogen-bond donors (Lipinski definition) is 0. The van der Waals surface area contributed by atoms with Crippen LogP contribution < -0.4 is 5.11 Å². The molecule has 1 saturated heterocycles. The summed E-state index contributed by atoms with van der Waals surface area (Å²) < 4.78 is 5.00. The molecule has 1 aliphatic rings. The van der Waals surface area contributed by atoms with Crippen molar-refractivity contribution < 1.29 is 19.4 Å². The summed E-state index contributed by atoms with van der Waals surface area (Å²) in [5.41, 5.74) is -0.641. The van der Waals surface area contributed by atoms with E-state index in [4.69, 9.17) is 4.74 Å². The highest BCUT2D eigenvalue weighted by Crippen LogP contribution is 2.38. The van der Waals surface area contributed by atoms with Crippen LogP contribution >= 0.6 is 11.8 Å². The van der Waals surface area contributed by atoms with Crippen molar-refractivity contribution >= 4 is 30.0 Å². The van der Waals surface area contributed by atoms with Gasteiger partial charge >= 0.3 is 0 Å². The lowest BCUT2D eigenvalue weighted by Gasteiger charge is -2.33. The molecular weight excluding hydrogens is 280 g/mol. The number of aliphatic imine (C=N–C) groups is 1. The maximum Gasteiger partial charge on any atom is 0.246 e. The summed E-state index contributed by atoms with van der Waals surface area (Å²) in [5.74, 6) is 0.220. The van der Waals surface area contributed by atoms with E-state index in [0.29, 0.717) is 5.75 Å².